The summed E-state index contributed by atoms with van der Waals surface area (Å²) in [6.07, 6.45) is 2.34. The highest BCUT2D eigenvalue weighted by atomic mass is 32.1. The number of carbonyl (C=O) groups excluding carboxylic acids is 1. The maximum absolute atomic E-state index is 11.8. The standard InChI is InChI=1S/C10H18N4OS/c1-4-6-10(3,11)8(15)12-9-14-13-7(5-2)16-9/h4-6,11H2,1-3H3,(H,12,14,15). The third-order valence-corrected chi connectivity index (χ3v) is 3.26. The molecule has 0 aliphatic rings. The molecule has 3 N–H and O–H groups in total. The van der Waals surface area contributed by atoms with Gasteiger partial charge in [0, 0.05) is 0 Å². The van der Waals surface area contributed by atoms with E-state index in [4.69, 9.17) is 5.73 Å². The zero-order valence-electron chi connectivity index (χ0n) is 9.91. The average molecular weight is 242 g/mol. The first kappa shape index (κ1) is 13.1. The van der Waals surface area contributed by atoms with Crippen LogP contribution in [-0.4, -0.2) is 21.6 Å². The molecule has 1 heterocycles. The van der Waals surface area contributed by atoms with E-state index in [1.807, 2.05) is 13.8 Å². The van der Waals surface area contributed by atoms with Crippen molar-refractivity contribution < 1.29 is 4.79 Å². The number of nitrogens with two attached hydrogens (primary N) is 1. The fourth-order valence-corrected chi connectivity index (χ4v) is 1.99. The fraction of sp³-hybridized carbons (Fsp3) is 0.700. The number of amides is 1. The highest BCUT2D eigenvalue weighted by molar-refractivity contribution is 7.15. The Labute approximate surface area is 99.5 Å². The molecular weight excluding hydrogens is 224 g/mol. The van der Waals surface area contributed by atoms with Crippen molar-refractivity contribution in [2.45, 2.75) is 45.6 Å². The number of aryl methyl sites for hydroxylation is 1. The first-order valence-corrected chi connectivity index (χ1v) is 6.24. The van der Waals surface area contributed by atoms with Crippen LogP contribution in [0.5, 0.6) is 0 Å². The van der Waals surface area contributed by atoms with Gasteiger partial charge < -0.3 is 5.73 Å². The molecule has 5 nitrogen and oxygen atoms in total. The Bertz CT molecular complexity index is 361. The van der Waals surface area contributed by atoms with Gasteiger partial charge in [-0.05, 0) is 19.8 Å². The molecular formula is C10H18N4OS. The second kappa shape index (κ2) is 5.36. The predicted molar refractivity (Wildman–Crippen MR) is 65.4 cm³/mol. The Morgan fingerprint density at radius 2 is 2.19 bits per heavy atom. The smallest absolute Gasteiger partial charge is 0.245 e. The van der Waals surface area contributed by atoms with E-state index in [0.717, 1.165) is 17.8 Å². The number of hydrogen-bond donors (Lipinski definition) is 2. The zero-order valence-corrected chi connectivity index (χ0v) is 10.7. The lowest BCUT2D eigenvalue weighted by Gasteiger charge is -2.21. The van der Waals surface area contributed by atoms with Crippen molar-refractivity contribution in [3.63, 3.8) is 0 Å². The molecule has 0 bridgehead atoms. The first-order valence-electron chi connectivity index (χ1n) is 5.42. The van der Waals surface area contributed by atoms with E-state index in [-0.39, 0.29) is 5.91 Å². The normalized spacial score (nSPS) is 14.5. The van der Waals surface area contributed by atoms with Crippen LogP contribution in [0.3, 0.4) is 0 Å². The fourth-order valence-electron chi connectivity index (χ4n) is 1.32. The molecule has 0 radical (unpaired) electrons. The number of nitrogens with zero attached hydrogens (tertiary/aromatic N) is 2. The Kier molecular flexibility index (Phi) is 4.37. The van der Waals surface area contributed by atoms with Gasteiger partial charge in [0.15, 0.2) is 0 Å². The maximum Gasteiger partial charge on any atom is 0.245 e. The molecule has 6 heteroatoms. The largest absolute Gasteiger partial charge is 0.318 e. The number of carbonyl (C=O) groups is 1. The van der Waals surface area contributed by atoms with Crippen LogP contribution < -0.4 is 11.1 Å². The van der Waals surface area contributed by atoms with E-state index < -0.39 is 5.54 Å². The van der Waals surface area contributed by atoms with Crippen molar-refractivity contribution in [2.75, 3.05) is 5.32 Å². The van der Waals surface area contributed by atoms with Gasteiger partial charge in [-0.3, -0.25) is 10.1 Å². The van der Waals surface area contributed by atoms with Gasteiger partial charge >= 0.3 is 0 Å². The summed E-state index contributed by atoms with van der Waals surface area (Å²) in [5, 5.41) is 11.9. The summed E-state index contributed by atoms with van der Waals surface area (Å²) in [5.74, 6) is -0.201. The van der Waals surface area contributed by atoms with E-state index in [0.29, 0.717) is 11.6 Å². The third kappa shape index (κ3) is 3.24. The summed E-state index contributed by atoms with van der Waals surface area (Å²) in [5.41, 5.74) is 5.06. The van der Waals surface area contributed by atoms with Crippen LogP contribution in [-0.2, 0) is 11.2 Å². The van der Waals surface area contributed by atoms with Crippen molar-refractivity contribution in [2.24, 2.45) is 5.73 Å². The van der Waals surface area contributed by atoms with E-state index in [1.165, 1.54) is 11.3 Å². The van der Waals surface area contributed by atoms with Gasteiger partial charge in [0.05, 0.1) is 5.54 Å². The summed E-state index contributed by atoms with van der Waals surface area (Å²) in [7, 11) is 0. The van der Waals surface area contributed by atoms with E-state index in [1.54, 1.807) is 6.92 Å². The molecule has 1 aromatic rings. The van der Waals surface area contributed by atoms with Gasteiger partial charge in [-0.15, -0.1) is 10.2 Å². The summed E-state index contributed by atoms with van der Waals surface area (Å²) in [6.45, 7) is 5.72. The monoisotopic (exact) mass is 242 g/mol. The second-order valence-corrected chi connectivity index (χ2v) is 5.04. The van der Waals surface area contributed by atoms with Crippen molar-refractivity contribution in [3.05, 3.63) is 5.01 Å². The van der Waals surface area contributed by atoms with E-state index >= 15 is 0 Å². The maximum atomic E-state index is 11.8. The molecule has 1 rings (SSSR count). The Hall–Kier alpha value is -1.01. The van der Waals surface area contributed by atoms with Crippen LogP contribution in [0.25, 0.3) is 0 Å². The lowest BCUT2D eigenvalue weighted by atomic mass is 9.97. The Balaban J connectivity index is 2.63. The van der Waals surface area contributed by atoms with Crippen molar-refractivity contribution in [1.82, 2.24) is 10.2 Å². The number of aromatic nitrogens is 2. The second-order valence-electron chi connectivity index (χ2n) is 3.98. The minimum Gasteiger partial charge on any atom is -0.318 e. The minimum absolute atomic E-state index is 0.201. The van der Waals surface area contributed by atoms with Crippen LogP contribution in [0, 0.1) is 0 Å². The lowest BCUT2D eigenvalue weighted by Crippen LogP contribution is -2.48. The van der Waals surface area contributed by atoms with Crippen LogP contribution in [0.4, 0.5) is 5.13 Å². The molecule has 0 fully saturated rings. The lowest BCUT2D eigenvalue weighted by molar-refractivity contribution is -0.120. The molecule has 0 spiro atoms. The molecule has 1 amide bonds. The first-order chi connectivity index (χ1) is 7.49. The third-order valence-electron chi connectivity index (χ3n) is 2.28. The van der Waals surface area contributed by atoms with Crippen molar-refractivity contribution in [1.29, 1.82) is 0 Å². The summed E-state index contributed by atoms with van der Waals surface area (Å²) in [6, 6.07) is 0. The highest BCUT2D eigenvalue weighted by Crippen LogP contribution is 2.18. The van der Waals surface area contributed by atoms with Gasteiger partial charge in [0.1, 0.15) is 5.01 Å². The highest BCUT2D eigenvalue weighted by Gasteiger charge is 2.27. The molecule has 0 saturated heterocycles. The van der Waals surface area contributed by atoms with Gasteiger partial charge in [-0.25, -0.2) is 0 Å². The van der Waals surface area contributed by atoms with Crippen molar-refractivity contribution in [3.8, 4) is 0 Å². The number of anilines is 1. The molecule has 90 valence electrons. The summed E-state index contributed by atoms with van der Waals surface area (Å²) >= 11 is 1.39. The van der Waals surface area contributed by atoms with Crippen molar-refractivity contribution >= 4 is 22.4 Å². The molecule has 1 aromatic heterocycles. The quantitative estimate of drug-likeness (QED) is 0.821. The molecule has 16 heavy (non-hydrogen) atoms. The molecule has 1 unspecified atom stereocenters. The van der Waals surface area contributed by atoms with Gasteiger partial charge in [0.25, 0.3) is 0 Å². The Morgan fingerprint density at radius 1 is 1.50 bits per heavy atom. The number of rotatable bonds is 5. The molecule has 0 aliphatic carbocycles. The molecule has 0 saturated carbocycles. The molecule has 0 aromatic carbocycles. The van der Waals surface area contributed by atoms with E-state index in [2.05, 4.69) is 15.5 Å². The number of nitrogens with one attached hydrogen (secondary N) is 1. The van der Waals surface area contributed by atoms with Gasteiger partial charge in [-0.1, -0.05) is 31.6 Å². The topological polar surface area (TPSA) is 80.9 Å². The molecule has 1 atom stereocenters. The minimum atomic E-state index is -0.840. The predicted octanol–water partition coefficient (Wildman–Crippen LogP) is 1.56. The van der Waals surface area contributed by atoms with Gasteiger partial charge in [-0.2, -0.15) is 0 Å². The van der Waals surface area contributed by atoms with Crippen LogP contribution in [0.15, 0.2) is 0 Å². The average Bonchev–Trinajstić information content (AvgIpc) is 2.65. The van der Waals surface area contributed by atoms with E-state index in [9.17, 15) is 4.79 Å². The van der Waals surface area contributed by atoms with Crippen LogP contribution >= 0.6 is 11.3 Å². The van der Waals surface area contributed by atoms with Gasteiger partial charge in [0.2, 0.25) is 11.0 Å². The zero-order chi connectivity index (χ0) is 12.2. The van der Waals surface area contributed by atoms with Crippen LogP contribution in [0.1, 0.15) is 38.6 Å². The summed E-state index contributed by atoms with van der Waals surface area (Å²) < 4.78 is 0. The SMILES string of the molecule is CCCC(C)(N)C(=O)Nc1nnc(CC)s1. The number of hydrogen-bond acceptors (Lipinski definition) is 5. The Morgan fingerprint density at radius 3 is 2.69 bits per heavy atom. The summed E-state index contributed by atoms with van der Waals surface area (Å²) in [4.78, 5) is 11.8. The molecule has 0 aliphatic heterocycles. The van der Waals surface area contributed by atoms with Crippen LogP contribution in [0.2, 0.25) is 0 Å².